The van der Waals surface area contributed by atoms with Gasteiger partial charge in [-0.2, -0.15) is 0 Å². The van der Waals surface area contributed by atoms with Crippen LogP contribution >= 0.6 is 0 Å². The second-order valence-electron chi connectivity index (χ2n) is 9.34. The molecule has 0 atom stereocenters. The standard InChI is InChI=1S/C26H30F2N8O/c1-15(2)36-9-10-37-24-19(27)11-16(12-22(24)36)23-20(28)14-32-26(34-23)33-17-3-4-21(29)18(13-17)25(30)35-7-5-31-6-8-35/h3-4,11-15,30-31H,5-10,29H2,1-2H3,(H,32,33,34). The third kappa shape index (κ3) is 4.99. The molecule has 1 aromatic heterocycles. The van der Waals surface area contributed by atoms with Crippen molar-refractivity contribution in [2.45, 2.75) is 19.9 Å². The highest BCUT2D eigenvalue weighted by molar-refractivity contribution is 6.02. The molecule has 0 bridgehead atoms. The number of nitrogens with one attached hydrogen (secondary N) is 3. The zero-order valence-electron chi connectivity index (χ0n) is 20.8. The second kappa shape index (κ2) is 10.2. The molecule has 5 rings (SSSR count). The summed E-state index contributed by atoms with van der Waals surface area (Å²) < 4.78 is 35.4. The van der Waals surface area contributed by atoms with Crippen LogP contribution in [0.3, 0.4) is 0 Å². The topological polar surface area (TPSA) is 115 Å². The van der Waals surface area contributed by atoms with Gasteiger partial charge in [0.25, 0.3) is 0 Å². The normalized spacial score (nSPS) is 15.4. The number of nitrogens with zero attached hydrogens (tertiary/aromatic N) is 4. The maximum atomic E-state index is 15.0. The molecule has 3 heterocycles. The lowest BCUT2D eigenvalue weighted by atomic mass is 10.1. The average molecular weight is 509 g/mol. The van der Waals surface area contributed by atoms with E-state index >= 15 is 0 Å². The van der Waals surface area contributed by atoms with Crippen LogP contribution in [-0.4, -0.2) is 66.1 Å². The van der Waals surface area contributed by atoms with E-state index in [0.29, 0.717) is 41.6 Å². The Morgan fingerprint density at radius 2 is 1.92 bits per heavy atom. The first-order valence-corrected chi connectivity index (χ1v) is 12.3. The lowest BCUT2D eigenvalue weighted by Crippen LogP contribution is -2.46. The third-order valence-electron chi connectivity index (χ3n) is 6.55. The third-order valence-corrected chi connectivity index (χ3v) is 6.55. The first-order valence-electron chi connectivity index (χ1n) is 12.3. The van der Waals surface area contributed by atoms with Crippen molar-refractivity contribution in [3.63, 3.8) is 0 Å². The van der Waals surface area contributed by atoms with Crippen LogP contribution in [0.5, 0.6) is 5.75 Å². The van der Waals surface area contributed by atoms with E-state index in [9.17, 15) is 8.78 Å². The van der Waals surface area contributed by atoms with Gasteiger partial charge in [0, 0.05) is 54.7 Å². The smallest absolute Gasteiger partial charge is 0.227 e. The number of nitrogen functional groups attached to an aromatic ring is 1. The molecule has 0 amide bonds. The minimum absolute atomic E-state index is 0.0299. The van der Waals surface area contributed by atoms with Gasteiger partial charge in [0.15, 0.2) is 17.4 Å². The number of hydrogen-bond donors (Lipinski definition) is 4. The van der Waals surface area contributed by atoms with E-state index < -0.39 is 11.6 Å². The lowest BCUT2D eigenvalue weighted by Gasteiger charge is -2.34. The van der Waals surface area contributed by atoms with E-state index in [-0.39, 0.29) is 29.0 Å². The highest BCUT2D eigenvalue weighted by Crippen LogP contribution is 2.39. The highest BCUT2D eigenvalue weighted by atomic mass is 19.1. The van der Waals surface area contributed by atoms with E-state index in [4.69, 9.17) is 15.9 Å². The van der Waals surface area contributed by atoms with Gasteiger partial charge in [-0.15, -0.1) is 0 Å². The highest BCUT2D eigenvalue weighted by Gasteiger charge is 2.26. The van der Waals surface area contributed by atoms with Gasteiger partial charge in [-0.1, -0.05) is 0 Å². The summed E-state index contributed by atoms with van der Waals surface area (Å²) in [6, 6.07) is 8.24. The van der Waals surface area contributed by atoms with E-state index in [1.54, 1.807) is 24.3 Å². The summed E-state index contributed by atoms with van der Waals surface area (Å²) in [5.74, 6) is -0.602. The zero-order chi connectivity index (χ0) is 26.1. The van der Waals surface area contributed by atoms with Gasteiger partial charge < -0.3 is 30.9 Å². The van der Waals surface area contributed by atoms with E-state index in [1.807, 2.05) is 23.6 Å². The molecule has 11 heteroatoms. The molecule has 0 aliphatic carbocycles. The number of amidine groups is 1. The Labute approximate surface area is 214 Å². The maximum Gasteiger partial charge on any atom is 0.227 e. The quantitative estimate of drug-likeness (QED) is 0.235. The number of nitrogens with two attached hydrogens (primary N) is 1. The number of fused-ring (bicyclic) bond motifs is 1. The molecule has 5 N–H and O–H groups in total. The number of anilines is 4. The summed E-state index contributed by atoms with van der Waals surface area (Å²) in [6.45, 7) is 8.05. The average Bonchev–Trinajstić information content (AvgIpc) is 2.90. The van der Waals surface area contributed by atoms with Crippen molar-refractivity contribution in [3.05, 3.63) is 53.7 Å². The molecule has 37 heavy (non-hydrogen) atoms. The number of benzene rings is 2. The molecule has 1 fully saturated rings. The summed E-state index contributed by atoms with van der Waals surface area (Å²) in [7, 11) is 0. The van der Waals surface area contributed by atoms with E-state index in [0.717, 1.165) is 32.4 Å². The number of ether oxygens (including phenoxy) is 1. The van der Waals surface area contributed by atoms with Gasteiger partial charge in [0.05, 0.1) is 18.4 Å². The Hall–Kier alpha value is -3.99. The molecule has 1 saturated heterocycles. The van der Waals surface area contributed by atoms with Crippen LogP contribution < -0.4 is 26.0 Å². The van der Waals surface area contributed by atoms with Crippen LogP contribution in [0.15, 0.2) is 36.5 Å². The summed E-state index contributed by atoms with van der Waals surface area (Å²) in [5.41, 5.74) is 8.66. The minimum atomic E-state index is -0.670. The summed E-state index contributed by atoms with van der Waals surface area (Å²) in [4.78, 5) is 12.4. The molecule has 0 saturated carbocycles. The summed E-state index contributed by atoms with van der Waals surface area (Å²) in [6.07, 6.45) is 1.06. The fourth-order valence-corrected chi connectivity index (χ4v) is 4.63. The van der Waals surface area contributed by atoms with Crippen molar-refractivity contribution in [1.29, 1.82) is 5.41 Å². The Morgan fingerprint density at radius 3 is 2.68 bits per heavy atom. The van der Waals surface area contributed by atoms with Gasteiger partial charge >= 0.3 is 0 Å². The molecule has 3 aromatic rings. The Kier molecular flexibility index (Phi) is 6.79. The van der Waals surface area contributed by atoms with Gasteiger partial charge in [-0.25, -0.2) is 18.7 Å². The van der Waals surface area contributed by atoms with Crippen molar-refractivity contribution in [2.24, 2.45) is 0 Å². The molecule has 9 nitrogen and oxygen atoms in total. The fourth-order valence-electron chi connectivity index (χ4n) is 4.63. The Morgan fingerprint density at radius 1 is 1.14 bits per heavy atom. The van der Waals surface area contributed by atoms with Crippen LogP contribution in [0.4, 0.5) is 31.8 Å². The fraction of sp³-hybridized carbons (Fsp3) is 0.346. The van der Waals surface area contributed by atoms with Crippen molar-refractivity contribution in [3.8, 4) is 17.0 Å². The molecule has 2 aliphatic heterocycles. The summed E-state index contributed by atoms with van der Waals surface area (Å²) >= 11 is 0. The van der Waals surface area contributed by atoms with Crippen molar-refractivity contribution >= 4 is 28.8 Å². The van der Waals surface area contributed by atoms with Crippen LogP contribution in [0, 0.1) is 17.0 Å². The van der Waals surface area contributed by atoms with Gasteiger partial charge in [0.1, 0.15) is 18.1 Å². The lowest BCUT2D eigenvalue weighted by molar-refractivity contribution is 0.287. The molecule has 2 aliphatic rings. The Balaban J connectivity index is 1.45. The second-order valence-corrected chi connectivity index (χ2v) is 9.34. The number of rotatable bonds is 5. The molecule has 0 spiro atoms. The Bertz CT molecular complexity index is 1330. The van der Waals surface area contributed by atoms with Crippen LogP contribution in [0.1, 0.15) is 19.4 Å². The minimum Gasteiger partial charge on any atom is -0.486 e. The van der Waals surface area contributed by atoms with Crippen molar-refractivity contribution in [1.82, 2.24) is 20.2 Å². The molecule has 194 valence electrons. The van der Waals surface area contributed by atoms with Crippen LogP contribution in [0.25, 0.3) is 11.3 Å². The van der Waals surface area contributed by atoms with Gasteiger partial charge in [-0.05, 0) is 44.2 Å². The first kappa shape index (κ1) is 24.7. The molecule has 0 unspecified atom stereocenters. The largest absolute Gasteiger partial charge is 0.486 e. The number of aromatic nitrogens is 2. The van der Waals surface area contributed by atoms with Crippen molar-refractivity contribution in [2.75, 3.05) is 55.3 Å². The summed E-state index contributed by atoms with van der Waals surface area (Å²) in [5, 5.41) is 15.0. The number of piperazine rings is 1. The molecular weight excluding hydrogens is 478 g/mol. The monoisotopic (exact) mass is 508 g/mol. The molecule has 0 radical (unpaired) electrons. The van der Waals surface area contributed by atoms with Crippen LogP contribution in [-0.2, 0) is 0 Å². The predicted octanol–water partition coefficient (Wildman–Crippen LogP) is 3.59. The maximum absolute atomic E-state index is 15.0. The van der Waals surface area contributed by atoms with E-state index in [2.05, 4.69) is 20.6 Å². The zero-order valence-corrected chi connectivity index (χ0v) is 20.8. The number of halogens is 2. The van der Waals surface area contributed by atoms with Crippen LogP contribution in [0.2, 0.25) is 0 Å². The van der Waals surface area contributed by atoms with Gasteiger partial charge in [0.2, 0.25) is 5.95 Å². The van der Waals surface area contributed by atoms with E-state index in [1.165, 1.54) is 6.07 Å². The van der Waals surface area contributed by atoms with Crippen molar-refractivity contribution < 1.29 is 13.5 Å². The first-order chi connectivity index (χ1) is 17.8. The van der Waals surface area contributed by atoms with Gasteiger partial charge in [-0.3, -0.25) is 5.41 Å². The SMILES string of the molecule is CC(C)N1CCOc2c(F)cc(-c3nc(Nc4ccc(N)c(C(=N)N5CCNCC5)c4)ncc3F)cc21. The predicted molar refractivity (Wildman–Crippen MR) is 141 cm³/mol. The number of hydrogen-bond acceptors (Lipinski definition) is 8. The molecular formula is C26H30F2N8O. The molecule has 2 aromatic carbocycles.